The molecule has 0 radical (unpaired) electrons. The summed E-state index contributed by atoms with van der Waals surface area (Å²) in [4.78, 5) is 13.3. The Balaban J connectivity index is 1.76. The summed E-state index contributed by atoms with van der Waals surface area (Å²) in [5, 5.41) is 20.6. The van der Waals surface area contributed by atoms with Gasteiger partial charge in [-0.3, -0.25) is 4.79 Å². The van der Waals surface area contributed by atoms with Crippen molar-refractivity contribution in [3.8, 4) is 16.2 Å². The zero-order chi connectivity index (χ0) is 24.7. The van der Waals surface area contributed by atoms with Gasteiger partial charge in [-0.05, 0) is 54.7 Å². The summed E-state index contributed by atoms with van der Waals surface area (Å²) in [5.41, 5.74) is 16.2. The molecule has 178 valence electrons. The van der Waals surface area contributed by atoms with Crippen LogP contribution in [0.1, 0.15) is 59.8 Å². The van der Waals surface area contributed by atoms with E-state index in [2.05, 4.69) is 47.1 Å². The Hall–Kier alpha value is -3.69. The second-order valence-corrected chi connectivity index (χ2v) is 8.64. The van der Waals surface area contributed by atoms with Crippen LogP contribution in [0.4, 0.5) is 0 Å². The molecule has 2 aromatic carbocycles. The Kier molecular flexibility index (Phi) is 8.39. The number of nitrogens with two attached hydrogens (primary N) is 2. The van der Waals surface area contributed by atoms with E-state index in [1.807, 2.05) is 11.4 Å². The predicted octanol–water partition coefficient (Wildman–Crippen LogP) is 3.87. The number of rotatable bonds is 9. The minimum atomic E-state index is -0.382. The number of amides is 1. The fourth-order valence-corrected chi connectivity index (χ4v) is 4.62. The third-order valence-corrected chi connectivity index (χ3v) is 6.49. The molecule has 3 aromatic rings. The molecule has 8 nitrogen and oxygen atoms in total. The molecule has 1 aromatic heterocycles. The van der Waals surface area contributed by atoms with E-state index in [0.29, 0.717) is 22.4 Å². The summed E-state index contributed by atoms with van der Waals surface area (Å²) in [6, 6.07) is 12.9. The van der Waals surface area contributed by atoms with Gasteiger partial charge >= 0.3 is 0 Å². The van der Waals surface area contributed by atoms with Gasteiger partial charge in [0.15, 0.2) is 5.84 Å². The average Bonchev–Trinajstić information content (AvgIpc) is 3.24. The lowest BCUT2D eigenvalue weighted by molar-refractivity contribution is 0.0955. The number of aryl methyl sites for hydroxylation is 2. The van der Waals surface area contributed by atoms with Gasteiger partial charge in [0.25, 0.3) is 5.91 Å². The molecule has 0 fully saturated rings. The number of nitrogens with zero attached hydrogens (tertiary/aromatic N) is 2. The first-order chi connectivity index (χ1) is 16.4. The van der Waals surface area contributed by atoms with E-state index >= 15 is 0 Å². The summed E-state index contributed by atoms with van der Waals surface area (Å²) in [5.74, 6) is 5.11. The number of nitrogens with one attached hydrogen (secondary N) is 2. The largest absolute Gasteiger partial charge is 0.506 e. The molecule has 3 rings (SSSR count). The van der Waals surface area contributed by atoms with Gasteiger partial charge in [-0.1, -0.05) is 44.5 Å². The fraction of sp³-hybridized carbons (Fsp3) is 0.240. The highest BCUT2D eigenvalue weighted by molar-refractivity contribution is 7.14. The number of benzene rings is 2. The molecule has 0 atom stereocenters. The van der Waals surface area contributed by atoms with Crippen molar-refractivity contribution in [1.82, 2.24) is 11.0 Å². The van der Waals surface area contributed by atoms with Crippen molar-refractivity contribution in [1.29, 1.82) is 0 Å². The molecule has 1 amide bonds. The molecule has 7 N–H and O–H groups in total. The zero-order valence-corrected chi connectivity index (χ0v) is 20.4. The molecule has 0 bridgehead atoms. The van der Waals surface area contributed by atoms with Gasteiger partial charge in [0, 0.05) is 16.5 Å². The number of thiophene rings is 1. The van der Waals surface area contributed by atoms with E-state index in [0.717, 1.165) is 29.7 Å². The number of carbonyl (C=O) groups excluding carboxylic acids is 1. The number of hydrogen-bond donors (Lipinski definition) is 5. The van der Waals surface area contributed by atoms with Crippen LogP contribution in [0.2, 0.25) is 0 Å². The third kappa shape index (κ3) is 5.62. The Bertz CT molecular complexity index is 1210. The molecule has 0 aliphatic rings. The standard InChI is InChI=1S/C25H30N6O2S/c1-4-6-19-13-20(12-7-16(19)5-2)23-22(32)21(14-34-23)15(3)28-30-25(33)18-10-8-17(9-11-18)24(26)29-31-27/h7-14,31-32H,4-6,27H2,1-3H3,(H2,26,29)(H,30,33)/b28-15+. The number of aromatic hydroxyl groups is 1. The van der Waals surface area contributed by atoms with Crippen molar-refractivity contribution in [2.24, 2.45) is 21.8 Å². The van der Waals surface area contributed by atoms with Crippen LogP contribution in [0, 0.1) is 0 Å². The van der Waals surface area contributed by atoms with E-state index in [4.69, 9.17) is 11.6 Å². The van der Waals surface area contributed by atoms with Crippen LogP contribution in [-0.4, -0.2) is 22.6 Å². The molecule has 0 unspecified atom stereocenters. The number of amidine groups is 1. The van der Waals surface area contributed by atoms with Crippen LogP contribution in [0.3, 0.4) is 0 Å². The van der Waals surface area contributed by atoms with Crippen LogP contribution in [0.25, 0.3) is 10.4 Å². The molecule has 0 aliphatic heterocycles. The van der Waals surface area contributed by atoms with Crippen LogP contribution in [0.5, 0.6) is 5.75 Å². The van der Waals surface area contributed by atoms with Crippen LogP contribution < -0.4 is 22.5 Å². The Morgan fingerprint density at radius 2 is 1.76 bits per heavy atom. The molecule has 0 saturated heterocycles. The Morgan fingerprint density at radius 3 is 2.41 bits per heavy atom. The van der Waals surface area contributed by atoms with Crippen molar-refractivity contribution in [2.75, 3.05) is 0 Å². The quantitative estimate of drug-likeness (QED) is 0.138. The van der Waals surface area contributed by atoms with E-state index in [9.17, 15) is 9.90 Å². The molecular weight excluding hydrogens is 448 g/mol. The highest BCUT2D eigenvalue weighted by Gasteiger charge is 2.16. The highest BCUT2D eigenvalue weighted by Crippen LogP contribution is 2.39. The van der Waals surface area contributed by atoms with Gasteiger partial charge < -0.3 is 10.8 Å². The first kappa shape index (κ1) is 24.9. The summed E-state index contributed by atoms with van der Waals surface area (Å²) >= 11 is 1.46. The molecule has 9 heteroatoms. The molecular formula is C25H30N6O2S. The minimum absolute atomic E-state index is 0.167. The van der Waals surface area contributed by atoms with E-state index in [1.165, 1.54) is 22.5 Å². The summed E-state index contributed by atoms with van der Waals surface area (Å²) < 4.78 is 0. The first-order valence-electron chi connectivity index (χ1n) is 11.1. The number of carbonyl (C=O) groups is 1. The predicted molar refractivity (Wildman–Crippen MR) is 139 cm³/mol. The smallest absolute Gasteiger partial charge is 0.271 e. The van der Waals surface area contributed by atoms with Crippen molar-refractivity contribution < 1.29 is 9.90 Å². The van der Waals surface area contributed by atoms with Gasteiger partial charge in [0.05, 0.1) is 16.2 Å². The molecule has 34 heavy (non-hydrogen) atoms. The fourth-order valence-electron chi connectivity index (χ4n) is 3.61. The van der Waals surface area contributed by atoms with Crippen LogP contribution in [-0.2, 0) is 12.8 Å². The normalized spacial score (nSPS) is 12.0. The monoisotopic (exact) mass is 478 g/mol. The van der Waals surface area contributed by atoms with Crippen molar-refractivity contribution >= 4 is 28.8 Å². The zero-order valence-electron chi connectivity index (χ0n) is 19.6. The second-order valence-electron chi connectivity index (χ2n) is 7.76. The van der Waals surface area contributed by atoms with Gasteiger partial charge in [0.1, 0.15) is 5.75 Å². The lowest BCUT2D eigenvalue weighted by Crippen LogP contribution is -2.23. The van der Waals surface area contributed by atoms with E-state index < -0.39 is 0 Å². The molecule has 0 spiro atoms. The maximum Gasteiger partial charge on any atom is 0.271 e. The summed E-state index contributed by atoms with van der Waals surface area (Å²) in [6.45, 7) is 6.06. The van der Waals surface area contributed by atoms with E-state index in [1.54, 1.807) is 31.2 Å². The maximum absolute atomic E-state index is 12.5. The Morgan fingerprint density at radius 1 is 1.06 bits per heavy atom. The topological polar surface area (TPSA) is 138 Å². The third-order valence-electron chi connectivity index (χ3n) is 5.48. The van der Waals surface area contributed by atoms with Crippen LogP contribution >= 0.6 is 11.3 Å². The van der Waals surface area contributed by atoms with Crippen molar-refractivity contribution in [3.63, 3.8) is 0 Å². The van der Waals surface area contributed by atoms with Gasteiger partial charge in [0.2, 0.25) is 0 Å². The van der Waals surface area contributed by atoms with Gasteiger partial charge in [-0.2, -0.15) is 5.10 Å². The van der Waals surface area contributed by atoms with Crippen molar-refractivity contribution in [3.05, 3.63) is 75.7 Å². The minimum Gasteiger partial charge on any atom is -0.506 e. The molecule has 0 saturated carbocycles. The van der Waals surface area contributed by atoms with Crippen molar-refractivity contribution in [2.45, 2.75) is 40.0 Å². The van der Waals surface area contributed by atoms with Gasteiger partial charge in [-0.25, -0.2) is 16.8 Å². The lowest BCUT2D eigenvalue weighted by Gasteiger charge is -2.10. The van der Waals surface area contributed by atoms with Gasteiger partial charge in [-0.15, -0.1) is 16.4 Å². The SMILES string of the molecule is CCCc1cc(-c2scc(/C(C)=N/NC(=O)c3ccc(/C(N)=N/NN)cc3)c2O)ccc1CC. The lowest BCUT2D eigenvalue weighted by atomic mass is 9.97. The number of hydrazine groups is 1. The summed E-state index contributed by atoms with van der Waals surface area (Å²) in [7, 11) is 0. The maximum atomic E-state index is 12.5. The summed E-state index contributed by atoms with van der Waals surface area (Å²) in [6.07, 6.45) is 3.06. The number of hydrogen-bond acceptors (Lipinski definition) is 7. The second kappa shape index (κ2) is 11.4. The number of hydrazone groups is 2. The Labute approximate surface area is 203 Å². The molecule has 1 heterocycles. The molecule has 0 aliphatic carbocycles. The van der Waals surface area contributed by atoms with E-state index in [-0.39, 0.29) is 17.5 Å². The average molecular weight is 479 g/mol. The first-order valence-corrected chi connectivity index (χ1v) is 11.9. The highest BCUT2D eigenvalue weighted by atomic mass is 32.1. The van der Waals surface area contributed by atoms with Crippen LogP contribution in [0.15, 0.2) is 58.0 Å².